The summed E-state index contributed by atoms with van der Waals surface area (Å²) in [5, 5.41) is 0. The average molecular weight is 216 g/mol. The van der Waals surface area contributed by atoms with Crippen LogP contribution in [0.2, 0.25) is 0 Å². The molecule has 82 valence electrons. The van der Waals surface area contributed by atoms with Crippen LogP contribution in [0.5, 0.6) is 5.75 Å². The summed E-state index contributed by atoms with van der Waals surface area (Å²) in [5.41, 5.74) is 0.871. The lowest BCUT2D eigenvalue weighted by atomic mass is 9.97. The molecule has 0 saturated carbocycles. The summed E-state index contributed by atoms with van der Waals surface area (Å²) >= 11 is 0. The highest BCUT2D eigenvalue weighted by Crippen LogP contribution is 2.38. The van der Waals surface area contributed by atoms with Crippen LogP contribution in [0.4, 0.5) is 13.2 Å². The second-order valence-corrected chi connectivity index (χ2v) is 3.93. The van der Waals surface area contributed by atoms with E-state index in [2.05, 4.69) is 0 Å². The molecule has 0 amide bonds. The normalized spacial score (nSPS) is 23.1. The molecule has 0 spiro atoms. The first-order valence-corrected chi connectivity index (χ1v) is 4.73. The largest absolute Gasteiger partial charge is 0.481 e. The first-order valence-electron chi connectivity index (χ1n) is 4.73. The van der Waals surface area contributed by atoms with Crippen molar-refractivity contribution < 1.29 is 17.9 Å². The van der Waals surface area contributed by atoms with Crippen molar-refractivity contribution in [3.8, 4) is 5.75 Å². The van der Waals surface area contributed by atoms with Gasteiger partial charge in [-0.15, -0.1) is 0 Å². The van der Waals surface area contributed by atoms with E-state index in [-0.39, 0.29) is 11.3 Å². The number of hydrogen-bond donors (Lipinski definition) is 0. The van der Waals surface area contributed by atoms with Gasteiger partial charge in [0.25, 0.3) is 5.92 Å². The lowest BCUT2D eigenvalue weighted by molar-refractivity contribution is -0.0996. The highest BCUT2D eigenvalue weighted by atomic mass is 19.3. The fourth-order valence-corrected chi connectivity index (χ4v) is 1.72. The van der Waals surface area contributed by atoms with E-state index in [4.69, 9.17) is 4.74 Å². The fourth-order valence-electron chi connectivity index (χ4n) is 1.72. The van der Waals surface area contributed by atoms with E-state index in [1.807, 2.05) is 0 Å². The standard InChI is InChI=1S/C11H11F3O/c1-6-3-8-5-11(13,14)7(2)15-10(8)9(12)4-6/h3-4,7H,5H2,1-2H3. The van der Waals surface area contributed by atoms with Gasteiger partial charge in [-0.3, -0.25) is 0 Å². The minimum Gasteiger partial charge on any atom is -0.481 e. The van der Waals surface area contributed by atoms with Crippen molar-refractivity contribution in [3.05, 3.63) is 29.1 Å². The van der Waals surface area contributed by atoms with Crippen molar-refractivity contribution in [1.29, 1.82) is 0 Å². The molecule has 1 aromatic rings. The van der Waals surface area contributed by atoms with E-state index in [9.17, 15) is 13.2 Å². The molecule has 0 saturated heterocycles. The molecule has 1 aromatic carbocycles. The molecule has 0 N–H and O–H groups in total. The van der Waals surface area contributed by atoms with Crippen LogP contribution in [-0.2, 0) is 6.42 Å². The van der Waals surface area contributed by atoms with Gasteiger partial charge in [0, 0.05) is 12.0 Å². The summed E-state index contributed by atoms with van der Waals surface area (Å²) in [4.78, 5) is 0. The lowest BCUT2D eigenvalue weighted by Crippen LogP contribution is -2.41. The maximum Gasteiger partial charge on any atom is 0.287 e. The molecular formula is C11H11F3O. The summed E-state index contributed by atoms with van der Waals surface area (Å²) in [5.74, 6) is -3.51. The van der Waals surface area contributed by atoms with Gasteiger partial charge in [0.2, 0.25) is 0 Å². The Morgan fingerprint density at radius 2 is 2.07 bits per heavy atom. The summed E-state index contributed by atoms with van der Waals surface area (Å²) in [6.07, 6.45) is -1.73. The maximum atomic E-state index is 13.4. The van der Waals surface area contributed by atoms with Crippen molar-refractivity contribution in [2.75, 3.05) is 0 Å². The molecule has 1 atom stereocenters. The Morgan fingerprint density at radius 3 is 2.73 bits per heavy atom. The molecule has 1 nitrogen and oxygen atoms in total. The third-order valence-electron chi connectivity index (χ3n) is 2.58. The highest BCUT2D eigenvalue weighted by Gasteiger charge is 2.43. The van der Waals surface area contributed by atoms with Gasteiger partial charge in [0.15, 0.2) is 17.7 Å². The molecule has 4 heteroatoms. The second kappa shape index (κ2) is 3.15. The van der Waals surface area contributed by atoms with Crippen molar-refractivity contribution >= 4 is 0 Å². The number of benzene rings is 1. The zero-order valence-corrected chi connectivity index (χ0v) is 8.48. The molecule has 0 aliphatic carbocycles. The number of hydrogen-bond acceptors (Lipinski definition) is 1. The van der Waals surface area contributed by atoms with Crippen molar-refractivity contribution in [2.24, 2.45) is 0 Å². The molecule has 2 rings (SSSR count). The topological polar surface area (TPSA) is 9.23 Å². The third-order valence-corrected chi connectivity index (χ3v) is 2.58. The van der Waals surface area contributed by atoms with Crippen LogP contribution in [0.1, 0.15) is 18.1 Å². The van der Waals surface area contributed by atoms with E-state index in [0.29, 0.717) is 5.56 Å². The Labute approximate surface area is 85.9 Å². The molecule has 15 heavy (non-hydrogen) atoms. The smallest absolute Gasteiger partial charge is 0.287 e. The van der Waals surface area contributed by atoms with Crippen LogP contribution in [0, 0.1) is 12.7 Å². The van der Waals surface area contributed by atoms with E-state index in [0.717, 1.165) is 0 Å². The Morgan fingerprint density at radius 1 is 1.40 bits per heavy atom. The Hall–Kier alpha value is -1.19. The molecule has 0 aromatic heterocycles. The van der Waals surface area contributed by atoms with Gasteiger partial charge in [-0.25, -0.2) is 13.2 Å². The molecule has 0 bridgehead atoms. The van der Waals surface area contributed by atoms with Crippen molar-refractivity contribution in [3.63, 3.8) is 0 Å². The number of alkyl halides is 2. The number of rotatable bonds is 0. The van der Waals surface area contributed by atoms with Gasteiger partial charge in [-0.05, 0) is 25.5 Å². The first kappa shape index (κ1) is 10.3. The molecule has 0 radical (unpaired) electrons. The number of halogens is 3. The van der Waals surface area contributed by atoms with Crippen LogP contribution in [-0.4, -0.2) is 12.0 Å². The van der Waals surface area contributed by atoms with Crippen LogP contribution in [0.15, 0.2) is 12.1 Å². The van der Waals surface area contributed by atoms with Crippen LogP contribution < -0.4 is 4.74 Å². The predicted molar refractivity (Wildman–Crippen MR) is 49.9 cm³/mol. The molecule has 1 unspecified atom stereocenters. The van der Waals surface area contributed by atoms with Gasteiger partial charge in [-0.1, -0.05) is 6.07 Å². The van der Waals surface area contributed by atoms with E-state index in [1.165, 1.54) is 19.1 Å². The minimum atomic E-state index is -2.92. The molecular weight excluding hydrogens is 205 g/mol. The van der Waals surface area contributed by atoms with Crippen LogP contribution in [0.25, 0.3) is 0 Å². The Bertz CT molecular complexity index is 401. The average Bonchev–Trinajstić information content (AvgIpc) is 2.08. The maximum absolute atomic E-state index is 13.4. The summed E-state index contributed by atoms with van der Waals surface area (Å²) in [7, 11) is 0. The predicted octanol–water partition coefficient (Wildman–Crippen LogP) is 3.09. The quantitative estimate of drug-likeness (QED) is 0.647. The van der Waals surface area contributed by atoms with Gasteiger partial charge >= 0.3 is 0 Å². The number of ether oxygens (including phenoxy) is 1. The van der Waals surface area contributed by atoms with Gasteiger partial charge < -0.3 is 4.74 Å². The monoisotopic (exact) mass is 216 g/mol. The lowest BCUT2D eigenvalue weighted by Gasteiger charge is -2.31. The molecule has 1 aliphatic heterocycles. The Balaban J connectivity index is 2.50. The van der Waals surface area contributed by atoms with Crippen LogP contribution >= 0.6 is 0 Å². The third kappa shape index (κ3) is 1.68. The van der Waals surface area contributed by atoms with E-state index in [1.54, 1.807) is 6.92 Å². The minimum absolute atomic E-state index is 0.0287. The van der Waals surface area contributed by atoms with Crippen LogP contribution in [0.3, 0.4) is 0 Å². The Kier molecular flexibility index (Phi) is 2.17. The summed E-state index contributed by atoms with van der Waals surface area (Å²) in [6, 6.07) is 2.83. The summed E-state index contributed by atoms with van der Waals surface area (Å²) in [6.45, 7) is 2.92. The van der Waals surface area contributed by atoms with Crippen molar-refractivity contribution in [1.82, 2.24) is 0 Å². The number of aryl methyl sites for hydroxylation is 1. The van der Waals surface area contributed by atoms with Gasteiger partial charge in [-0.2, -0.15) is 0 Å². The first-order chi connectivity index (χ1) is 6.90. The molecule has 1 aliphatic rings. The highest BCUT2D eigenvalue weighted by molar-refractivity contribution is 5.41. The molecule has 1 heterocycles. The number of fused-ring (bicyclic) bond motifs is 1. The molecule has 0 fully saturated rings. The second-order valence-electron chi connectivity index (χ2n) is 3.93. The summed E-state index contributed by atoms with van der Waals surface area (Å²) < 4.78 is 44.9. The van der Waals surface area contributed by atoms with E-state index >= 15 is 0 Å². The zero-order chi connectivity index (χ0) is 11.2. The van der Waals surface area contributed by atoms with Gasteiger partial charge in [0.05, 0.1) is 0 Å². The van der Waals surface area contributed by atoms with Crippen molar-refractivity contribution in [2.45, 2.75) is 32.3 Å². The van der Waals surface area contributed by atoms with Gasteiger partial charge in [0.1, 0.15) is 0 Å². The zero-order valence-electron chi connectivity index (χ0n) is 8.48. The fraction of sp³-hybridized carbons (Fsp3) is 0.455. The van der Waals surface area contributed by atoms with E-state index < -0.39 is 24.3 Å². The SMILES string of the molecule is Cc1cc(F)c2c(c1)CC(F)(F)C(C)O2.